The van der Waals surface area contributed by atoms with E-state index >= 15 is 0 Å². The number of hydrogen-bond acceptors (Lipinski definition) is 5. The van der Waals surface area contributed by atoms with Gasteiger partial charge in [-0.25, -0.2) is 4.98 Å². The van der Waals surface area contributed by atoms with Crippen molar-refractivity contribution in [3.63, 3.8) is 0 Å². The highest BCUT2D eigenvalue weighted by molar-refractivity contribution is 6.19. The molecule has 0 fully saturated rings. The van der Waals surface area contributed by atoms with Crippen molar-refractivity contribution in [3.8, 4) is 0 Å². The molecule has 0 aromatic carbocycles. The maximum Gasteiger partial charge on any atom is 0.418 e. The lowest BCUT2D eigenvalue weighted by atomic mass is 10.1. The molecule has 9 heteroatoms. The third-order valence-electron chi connectivity index (χ3n) is 4.39. The molecule has 1 aliphatic heterocycles. The summed E-state index contributed by atoms with van der Waals surface area (Å²) in [5, 5.41) is 0.772. The maximum atomic E-state index is 12.8. The Morgan fingerprint density at radius 1 is 1.14 bits per heavy atom. The summed E-state index contributed by atoms with van der Waals surface area (Å²) in [5.74, 6) is -0.611. The summed E-state index contributed by atoms with van der Waals surface area (Å²) >= 11 is 0. The van der Waals surface area contributed by atoms with Crippen molar-refractivity contribution >= 4 is 17.6 Å². The number of nitrogens with zero attached hydrogens (tertiary/aromatic N) is 2. The number of anilines is 1. The summed E-state index contributed by atoms with van der Waals surface area (Å²) in [6.45, 7) is 7.79. The number of carbonyl (C=O) groups is 2. The zero-order valence-corrected chi connectivity index (χ0v) is 16.3. The molecule has 0 radical (unpaired) electrons. The second kappa shape index (κ2) is 8.72. The van der Waals surface area contributed by atoms with Crippen LogP contribution in [0.4, 0.5) is 19.0 Å². The number of pyridine rings is 1. The van der Waals surface area contributed by atoms with Gasteiger partial charge in [0.2, 0.25) is 0 Å². The number of amides is 2. The lowest BCUT2D eigenvalue weighted by Crippen LogP contribution is -2.37. The van der Waals surface area contributed by atoms with Gasteiger partial charge in [-0.3, -0.25) is 15.0 Å². The van der Waals surface area contributed by atoms with Crippen LogP contribution in [0.5, 0.6) is 0 Å². The number of alkyl halides is 3. The van der Waals surface area contributed by atoms with E-state index < -0.39 is 23.6 Å². The summed E-state index contributed by atoms with van der Waals surface area (Å²) in [6, 6.07) is 1.94. The van der Waals surface area contributed by atoms with Crippen molar-refractivity contribution in [3.05, 3.63) is 34.5 Å². The van der Waals surface area contributed by atoms with Gasteiger partial charge < -0.3 is 4.74 Å². The molecular weight excluding hydrogens is 375 g/mol. The number of halogens is 3. The van der Waals surface area contributed by atoms with Crippen molar-refractivity contribution in [1.82, 2.24) is 9.99 Å². The number of carbonyl (C=O) groups excluding carboxylic acids is 2. The first kappa shape index (κ1) is 21.9. The molecule has 2 amide bonds. The number of hydrazine groups is 1. The standard InChI is InChI=1S/C19H24F3N3O3/c1-11(2)7-9-28-10-8-14-12(3)17(26)25(18(14)27)24-16-6-5-15(13(4)23-16)19(20,21)22/h5-6,11H,7-10H2,1-4H3,(H,23,24). The van der Waals surface area contributed by atoms with Crippen LogP contribution in [0.1, 0.15) is 44.9 Å². The van der Waals surface area contributed by atoms with E-state index in [4.69, 9.17) is 4.74 Å². The molecule has 154 valence electrons. The molecule has 2 rings (SSSR count). The van der Waals surface area contributed by atoms with Gasteiger partial charge in [0.1, 0.15) is 5.82 Å². The van der Waals surface area contributed by atoms with Gasteiger partial charge in [0, 0.05) is 24.2 Å². The molecule has 0 spiro atoms. The monoisotopic (exact) mass is 399 g/mol. The molecule has 0 atom stereocenters. The molecule has 6 nitrogen and oxygen atoms in total. The predicted molar refractivity (Wildman–Crippen MR) is 97.0 cm³/mol. The average molecular weight is 399 g/mol. The normalized spacial score (nSPS) is 15.2. The van der Waals surface area contributed by atoms with Crippen molar-refractivity contribution < 1.29 is 27.5 Å². The summed E-state index contributed by atoms with van der Waals surface area (Å²) in [4.78, 5) is 28.7. The third-order valence-corrected chi connectivity index (χ3v) is 4.39. The van der Waals surface area contributed by atoms with Crippen molar-refractivity contribution in [2.75, 3.05) is 18.6 Å². The van der Waals surface area contributed by atoms with Gasteiger partial charge in [0.05, 0.1) is 17.9 Å². The second-order valence-electron chi connectivity index (χ2n) is 7.03. The van der Waals surface area contributed by atoms with Crippen LogP contribution in [0.15, 0.2) is 23.3 Å². The molecule has 0 unspecified atom stereocenters. The number of hydrogen-bond donors (Lipinski definition) is 1. The minimum absolute atomic E-state index is 0.0190. The van der Waals surface area contributed by atoms with Crippen LogP contribution < -0.4 is 5.43 Å². The Morgan fingerprint density at radius 3 is 2.39 bits per heavy atom. The molecule has 1 N–H and O–H groups in total. The number of ether oxygens (including phenoxy) is 1. The van der Waals surface area contributed by atoms with Crippen molar-refractivity contribution in [2.45, 2.75) is 46.7 Å². The second-order valence-corrected chi connectivity index (χ2v) is 7.03. The molecule has 0 saturated carbocycles. The molecule has 1 aromatic heterocycles. The van der Waals surface area contributed by atoms with Crippen LogP contribution in [0.25, 0.3) is 0 Å². The largest absolute Gasteiger partial charge is 0.418 e. The number of nitrogens with one attached hydrogen (secondary N) is 1. The van der Waals surface area contributed by atoms with Crippen molar-refractivity contribution in [2.24, 2.45) is 5.92 Å². The van der Waals surface area contributed by atoms with E-state index in [1.807, 2.05) is 0 Å². The van der Waals surface area contributed by atoms with Crippen LogP contribution in [0.2, 0.25) is 0 Å². The van der Waals surface area contributed by atoms with E-state index in [9.17, 15) is 22.8 Å². The molecule has 0 saturated heterocycles. The van der Waals surface area contributed by atoms with E-state index in [2.05, 4.69) is 24.3 Å². The minimum Gasteiger partial charge on any atom is -0.381 e. The van der Waals surface area contributed by atoms with Gasteiger partial charge in [0.25, 0.3) is 11.8 Å². The fourth-order valence-corrected chi connectivity index (χ4v) is 2.71. The number of aryl methyl sites for hydroxylation is 1. The van der Waals surface area contributed by atoms with E-state index in [-0.39, 0.29) is 23.5 Å². The Kier molecular flexibility index (Phi) is 6.82. The Bertz CT molecular complexity index is 788. The highest BCUT2D eigenvalue weighted by Crippen LogP contribution is 2.32. The van der Waals surface area contributed by atoms with E-state index in [0.29, 0.717) is 24.7 Å². The summed E-state index contributed by atoms with van der Waals surface area (Å²) in [5.41, 5.74) is 2.00. The molecule has 2 heterocycles. The Labute approximate surface area is 161 Å². The van der Waals surface area contributed by atoms with Gasteiger partial charge in [-0.05, 0) is 38.3 Å². The third kappa shape index (κ3) is 5.09. The van der Waals surface area contributed by atoms with Gasteiger partial charge >= 0.3 is 6.18 Å². The smallest absolute Gasteiger partial charge is 0.381 e. The van der Waals surface area contributed by atoms with Gasteiger partial charge in [-0.1, -0.05) is 13.8 Å². The summed E-state index contributed by atoms with van der Waals surface area (Å²) in [7, 11) is 0. The van der Waals surface area contributed by atoms with Gasteiger partial charge in [-0.15, -0.1) is 0 Å². The van der Waals surface area contributed by atoms with Gasteiger partial charge in [0.15, 0.2) is 0 Å². The van der Waals surface area contributed by atoms with E-state index in [1.165, 1.54) is 13.8 Å². The topological polar surface area (TPSA) is 71.5 Å². The zero-order chi connectivity index (χ0) is 21.1. The van der Waals surface area contributed by atoms with Crippen LogP contribution in [0.3, 0.4) is 0 Å². The molecular formula is C19H24F3N3O3. The maximum absolute atomic E-state index is 12.8. The zero-order valence-electron chi connectivity index (χ0n) is 16.3. The predicted octanol–water partition coefficient (Wildman–Crippen LogP) is 3.87. The Morgan fingerprint density at radius 2 is 1.82 bits per heavy atom. The number of aromatic nitrogens is 1. The lowest BCUT2D eigenvalue weighted by molar-refractivity contribution is -0.139. The Balaban J connectivity index is 2.02. The van der Waals surface area contributed by atoms with Crippen LogP contribution >= 0.6 is 0 Å². The SMILES string of the molecule is CC1=C(CCOCCC(C)C)C(=O)N(Nc2ccc(C(F)(F)F)c(C)n2)C1=O. The summed E-state index contributed by atoms with van der Waals surface area (Å²) < 4.78 is 44.0. The highest BCUT2D eigenvalue weighted by Gasteiger charge is 2.37. The van der Waals surface area contributed by atoms with E-state index in [0.717, 1.165) is 23.6 Å². The van der Waals surface area contributed by atoms with Crippen LogP contribution in [-0.4, -0.2) is 35.0 Å². The first-order valence-electron chi connectivity index (χ1n) is 9.00. The first-order chi connectivity index (χ1) is 13.0. The van der Waals surface area contributed by atoms with E-state index in [1.54, 1.807) is 0 Å². The van der Waals surface area contributed by atoms with Crippen molar-refractivity contribution in [1.29, 1.82) is 0 Å². The first-order valence-corrected chi connectivity index (χ1v) is 9.00. The number of imide groups is 1. The molecule has 1 aromatic rings. The van der Waals surface area contributed by atoms with Gasteiger partial charge in [-0.2, -0.15) is 18.2 Å². The fraction of sp³-hybridized carbons (Fsp3) is 0.526. The quantitative estimate of drug-likeness (QED) is 0.531. The summed E-state index contributed by atoms with van der Waals surface area (Å²) in [6.07, 6.45) is -3.33. The molecule has 0 bridgehead atoms. The Hall–Kier alpha value is -2.42. The molecule has 0 aliphatic carbocycles. The lowest BCUT2D eigenvalue weighted by Gasteiger charge is -2.18. The average Bonchev–Trinajstić information content (AvgIpc) is 2.77. The highest BCUT2D eigenvalue weighted by atomic mass is 19.4. The fourth-order valence-electron chi connectivity index (χ4n) is 2.71. The molecule has 1 aliphatic rings. The minimum atomic E-state index is -4.52. The van der Waals surface area contributed by atoms with Crippen LogP contribution in [0, 0.1) is 12.8 Å². The molecule has 28 heavy (non-hydrogen) atoms. The number of rotatable bonds is 8. The van der Waals surface area contributed by atoms with Crippen LogP contribution in [-0.2, 0) is 20.5 Å².